The van der Waals surface area contributed by atoms with Crippen molar-refractivity contribution in [3.63, 3.8) is 0 Å². The number of hydrogen-bond donors (Lipinski definition) is 2. The lowest BCUT2D eigenvalue weighted by Crippen LogP contribution is -2.32. The Morgan fingerprint density at radius 2 is 2.29 bits per heavy atom. The fourth-order valence-corrected chi connectivity index (χ4v) is 1.19. The molecule has 2 nitrogen and oxygen atoms in total. The molecular weight excluding hydrogens is 203 g/mol. The molecule has 0 bridgehead atoms. The van der Waals surface area contributed by atoms with E-state index < -0.39 is 0 Å². The topological polar surface area (TPSA) is 38.0 Å². The van der Waals surface area contributed by atoms with Crippen LogP contribution in [-0.4, -0.2) is 12.6 Å². The van der Waals surface area contributed by atoms with E-state index in [-0.39, 0.29) is 11.9 Å². The number of nitrogens with one attached hydrogen (secondary N) is 1. The maximum atomic E-state index is 13.2. The van der Waals surface area contributed by atoms with E-state index in [2.05, 4.69) is 5.32 Å². The van der Waals surface area contributed by atoms with Gasteiger partial charge < -0.3 is 11.1 Å². The number of nitrogens with two attached hydrogens (primary N) is 1. The molecule has 0 aliphatic carbocycles. The first kappa shape index (κ1) is 11.4. The highest BCUT2D eigenvalue weighted by atomic mass is 35.5. The lowest BCUT2D eigenvalue weighted by Gasteiger charge is -2.11. The highest BCUT2D eigenvalue weighted by Crippen LogP contribution is 2.14. The zero-order valence-corrected chi connectivity index (χ0v) is 8.81. The van der Waals surface area contributed by atoms with E-state index in [0.717, 1.165) is 0 Å². The molecule has 4 heteroatoms. The first-order valence-electron chi connectivity index (χ1n) is 4.51. The summed E-state index contributed by atoms with van der Waals surface area (Å²) in [7, 11) is 0. The molecule has 0 radical (unpaired) electrons. The molecule has 0 aromatic heterocycles. The Kier molecular flexibility index (Phi) is 4.32. The second-order valence-electron chi connectivity index (χ2n) is 3.25. The molecule has 0 amide bonds. The van der Waals surface area contributed by atoms with Crippen LogP contribution in [0.2, 0.25) is 5.02 Å². The van der Waals surface area contributed by atoms with E-state index in [0.29, 0.717) is 23.7 Å². The van der Waals surface area contributed by atoms with Crippen LogP contribution >= 0.6 is 11.6 Å². The standard InChI is InChI=1S/C10H14ClFN2/c1-7(5-13)14-6-8-2-3-9(11)4-10(8)12/h2-4,7,14H,5-6,13H2,1H3. The molecule has 14 heavy (non-hydrogen) atoms. The molecule has 0 fully saturated rings. The molecule has 3 N–H and O–H groups in total. The first-order valence-corrected chi connectivity index (χ1v) is 4.88. The van der Waals surface area contributed by atoms with Gasteiger partial charge in [0, 0.05) is 29.7 Å². The summed E-state index contributed by atoms with van der Waals surface area (Å²) in [6.45, 7) is 2.96. The third-order valence-electron chi connectivity index (χ3n) is 2.01. The maximum Gasteiger partial charge on any atom is 0.129 e. The molecule has 78 valence electrons. The van der Waals surface area contributed by atoms with Gasteiger partial charge in [-0.2, -0.15) is 0 Å². The van der Waals surface area contributed by atoms with E-state index >= 15 is 0 Å². The highest BCUT2D eigenvalue weighted by Gasteiger charge is 2.04. The van der Waals surface area contributed by atoms with Gasteiger partial charge in [-0.3, -0.25) is 0 Å². The summed E-state index contributed by atoms with van der Waals surface area (Å²) in [4.78, 5) is 0. The van der Waals surface area contributed by atoms with Crippen molar-refractivity contribution in [3.8, 4) is 0 Å². The Balaban J connectivity index is 2.59. The molecular formula is C10H14ClFN2. The van der Waals surface area contributed by atoms with Crippen molar-refractivity contribution < 1.29 is 4.39 Å². The zero-order valence-electron chi connectivity index (χ0n) is 8.06. The van der Waals surface area contributed by atoms with Gasteiger partial charge in [0.1, 0.15) is 5.82 Å². The Morgan fingerprint density at radius 3 is 2.86 bits per heavy atom. The minimum absolute atomic E-state index is 0.185. The fraction of sp³-hybridized carbons (Fsp3) is 0.400. The summed E-state index contributed by atoms with van der Waals surface area (Å²) in [5.41, 5.74) is 6.03. The van der Waals surface area contributed by atoms with Crippen LogP contribution in [0.5, 0.6) is 0 Å². The van der Waals surface area contributed by atoms with E-state index in [4.69, 9.17) is 17.3 Å². The molecule has 1 aromatic carbocycles. The van der Waals surface area contributed by atoms with Gasteiger partial charge >= 0.3 is 0 Å². The normalized spacial score (nSPS) is 12.9. The van der Waals surface area contributed by atoms with Gasteiger partial charge in [-0.1, -0.05) is 17.7 Å². The largest absolute Gasteiger partial charge is 0.329 e. The van der Waals surface area contributed by atoms with E-state index in [1.807, 2.05) is 6.92 Å². The van der Waals surface area contributed by atoms with Gasteiger partial charge in [0.05, 0.1) is 0 Å². The van der Waals surface area contributed by atoms with Crippen LogP contribution in [0.15, 0.2) is 18.2 Å². The van der Waals surface area contributed by atoms with Crippen molar-refractivity contribution >= 4 is 11.6 Å². The second kappa shape index (κ2) is 5.29. The number of rotatable bonds is 4. The number of hydrogen-bond acceptors (Lipinski definition) is 2. The van der Waals surface area contributed by atoms with E-state index in [1.165, 1.54) is 6.07 Å². The summed E-state index contributed by atoms with van der Waals surface area (Å²) in [5, 5.41) is 3.52. The summed E-state index contributed by atoms with van der Waals surface area (Å²) < 4.78 is 13.2. The van der Waals surface area contributed by atoms with Crippen LogP contribution < -0.4 is 11.1 Å². The lowest BCUT2D eigenvalue weighted by atomic mass is 10.2. The van der Waals surface area contributed by atoms with Gasteiger partial charge in [-0.25, -0.2) is 4.39 Å². The average Bonchev–Trinajstić information content (AvgIpc) is 2.16. The summed E-state index contributed by atoms with van der Waals surface area (Å²) in [5.74, 6) is -0.283. The summed E-state index contributed by atoms with van der Waals surface area (Å²) in [6, 6.07) is 4.85. The molecule has 0 spiro atoms. The smallest absolute Gasteiger partial charge is 0.129 e. The van der Waals surface area contributed by atoms with E-state index in [9.17, 15) is 4.39 Å². The Morgan fingerprint density at radius 1 is 1.57 bits per heavy atom. The molecule has 1 rings (SSSR count). The molecule has 0 heterocycles. The zero-order chi connectivity index (χ0) is 10.6. The lowest BCUT2D eigenvalue weighted by molar-refractivity contribution is 0.533. The Labute approximate surface area is 88.2 Å². The van der Waals surface area contributed by atoms with Gasteiger partial charge in [-0.05, 0) is 19.1 Å². The van der Waals surface area contributed by atoms with E-state index in [1.54, 1.807) is 12.1 Å². The quantitative estimate of drug-likeness (QED) is 0.807. The van der Waals surface area contributed by atoms with Crippen LogP contribution in [0.1, 0.15) is 12.5 Å². The minimum Gasteiger partial charge on any atom is -0.329 e. The van der Waals surface area contributed by atoms with Crippen LogP contribution in [0.25, 0.3) is 0 Å². The molecule has 0 aliphatic heterocycles. The first-order chi connectivity index (χ1) is 6.63. The number of halogens is 2. The molecule has 1 atom stereocenters. The fourth-order valence-electron chi connectivity index (χ4n) is 1.03. The van der Waals surface area contributed by atoms with Crippen molar-refractivity contribution in [3.05, 3.63) is 34.6 Å². The third kappa shape index (κ3) is 3.25. The molecule has 1 aromatic rings. The molecule has 0 saturated heterocycles. The summed E-state index contributed by atoms with van der Waals surface area (Å²) in [6.07, 6.45) is 0. The van der Waals surface area contributed by atoms with Crippen molar-refractivity contribution in [2.24, 2.45) is 5.73 Å². The average molecular weight is 217 g/mol. The molecule has 0 saturated carbocycles. The highest BCUT2D eigenvalue weighted by molar-refractivity contribution is 6.30. The van der Waals surface area contributed by atoms with Gasteiger partial charge in [0.2, 0.25) is 0 Å². The Hall–Kier alpha value is -0.640. The molecule has 1 unspecified atom stereocenters. The number of benzene rings is 1. The van der Waals surface area contributed by atoms with Gasteiger partial charge in [0.25, 0.3) is 0 Å². The van der Waals surface area contributed by atoms with Crippen LogP contribution in [-0.2, 0) is 6.54 Å². The maximum absolute atomic E-state index is 13.2. The second-order valence-corrected chi connectivity index (χ2v) is 3.69. The third-order valence-corrected chi connectivity index (χ3v) is 2.24. The van der Waals surface area contributed by atoms with Gasteiger partial charge in [-0.15, -0.1) is 0 Å². The van der Waals surface area contributed by atoms with Crippen LogP contribution in [0.3, 0.4) is 0 Å². The summed E-state index contributed by atoms with van der Waals surface area (Å²) >= 11 is 5.63. The monoisotopic (exact) mass is 216 g/mol. The minimum atomic E-state index is -0.283. The van der Waals surface area contributed by atoms with Crippen molar-refractivity contribution in [2.45, 2.75) is 19.5 Å². The Bertz CT molecular complexity index is 304. The SMILES string of the molecule is CC(CN)NCc1ccc(Cl)cc1F. The van der Waals surface area contributed by atoms with Crippen LogP contribution in [0, 0.1) is 5.82 Å². The molecule has 0 aliphatic rings. The van der Waals surface area contributed by atoms with Gasteiger partial charge in [0.15, 0.2) is 0 Å². The van der Waals surface area contributed by atoms with Crippen LogP contribution in [0.4, 0.5) is 4.39 Å². The predicted octanol–water partition coefficient (Wildman–Crippen LogP) is 1.92. The van der Waals surface area contributed by atoms with Crippen molar-refractivity contribution in [1.29, 1.82) is 0 Å². The van der Waals surface area contributed by atoms with Crippen molar-refractivity contribution in [2.75, 3.05) is 6.54 Å². The predicted molar refractivity (Wildman–Crippen MR) is 56.8 cm³/mol. The van der Waals surface area contributed by atoms with Crippen molar-refractivity contribution in [1.82, 2.24) is 5.32 Å².